The van der Waals surface area contributed by atoms with Crippen molar-refractivity contribution < 1.29 is 4.74 Å². The number of benzene rings is 1. The van der Waals surface area contributed by atoms with Crippen LogP contribution < -0.4 is 4.90 Å². The molecule has 0 spiro atoms. The zero-order valence-electron chi connectivity index (χ0n) is 8.49. The lowest BCUT2D eigenvalue weighted by Gasteiger charge is -2.33. The first-order chi connectivity index (χ1) is 7.70. The molecule has 0 aromatic heterocycles. The van der Waals surface area contributed by atoms with Crippen LogP contribution in [0.2, 0.25) is 10.0 Å². The van der Waals surface area contributed by atoms with Gasteiger partial charge in [-0.2, -0.15) is 5.26 Å². The highest BCUT2D eigenvalue weighted by Gasteiger charge is 2.23. The van der Waals surface area contributed by atoms with Gasteiger partial charge in [0.1, 0.15) is 6.04 Å². The summed E-state index contributed by atoms with van der Waals surface area (Å²) in [7, 11) is 0. The molecule has 84 valence electrons. The minimum Gasteiger partial charge on any atom is -0.376 e. The van der Waals surface area contributed by atoms with E-state index in [9.17, 15) is 0 Å². The highest BCUT2D eigenvalue weighted by molar-refractivity contribution is 6.35. The quantitative estimate of drug-likeness (QED) is 0.776. The Bertz CT molecular complexity index is 410. The Morgan fingerprint density at radius 3 is 2.62 bits per heavy atom. The van der Waals surface area contributed by atoms with Gasteiger partial charge >= 0.3 is 0 Å². The van der Waals surface area contributed by atoms with Crippen LogP contribution in [-0.2, 0) is 4.74 Å². The van der Waals surface area contributed by atoms with Crippen LogP contribution in [0.25, 0.3) is 0 Å². The Balaban J connectivity index is 2.31. The lowest BCUT2D eigenvalue weighted by molar-refractivity contribution is 0.107. The first kappa shape index (κ1) is 11.5. The molecule has 5 heteroatoms. The van der Waals surface area contributed by atoms with Crippen molar-refractivity contribution in [2.75, 3.05) is 24.7 Å². The molecule has 1 aromatic rings. The molecular formula is C11H10Cl2N2O. The minimum absolute atomic E-state index is 0.275. The van der Waals surface area contributed by atoms with Gasteiger partial charge in [0.2, 0.25) is 0 Å². The van der Waals surface area contributed by atoms with Gasteiger partial charge < -0.3 is 9.64 Å². The Morgan fingerprint density at radius 1 is 1.31 bits per heavy atom. The van der Waals surface area contributed by atoms with Gasteiger partial charge in [0.15, 0.2) is 0 Å². The van der Waals surface area contributed by atoms with Crippen molar-refractivity contribution in [2.45, 2.75) is 6.04 Å². The predicted molar refractivity (Wildman–Crippen MR) is 64.0 cm³/mol. The van der Waals surface area contributed by atoms with Crippen molar-refractivity contribution in [2.24, 2.45) is 0 Å². The second-order valence-electron chi connectivity index (χ2n) is 3.54. The maximum Gasteiger partial charge on any atom is 0.140 e. The molecule has 0 saturated carbocycles. The van der Waals surface area contributed by atoms with Gasteiger partial charge in [-0.1, -0.05) is 23.2 Å². The van der Waals surface area contributed by atoms with Crippen LogP contribution in [-0.4, -0.2) is 25.8 Å². The smallest absolute Gasteiger partial charge is 0.140 e. The third kappa shape index (κ3) is 2.41. The largest absolute Gasteiger partial charge is 0.376 e. The zero-order valence-corrected chi connectivity index (χ0v) is 10.0. The Hall–Kier alpha value is -0.950. The molecule has 2 rings (SSSR count). The number of nitrogens with zero attached hydrogens (tertiary/aromatic N) is 2. The fourth-order valence-electron chi connectivity index (χ4n) is 1.72. The molecule has 0 amide bonds. The molecule has 1 aliphatic rings. The number of hydrogen-bond donors (Lipinski definition) is 0. The molecule has 3 nitrogen and oxygen atoms in total. The molecule has 1 saturated heterocycles. The minimum atomic E-state index is -0.275. The van der Waals surface area contributed by atoms with E-state index in [0.29, 0.717) is 29.8 Å². The molecule has 1 atom stereocenters. The number of rotatable bonds is 1. The van der Waals surface area contributed by atoms with Gasteiger partial charge in [0.05, 0.1) is 19.3 Å². The monoisotopic (exact) mass is 256 g/mol. The number of halogens is 2. The molecular weight excluding hydrogens is 247 g/mol. The van der Waals surface area contributed by atoms with Crippen molar-refractivity contribution in [1.29, 1.82) is 5.26 Å². The number of anilines is 1. The number of ether oxygens (including phenoxy) is 1. The van der Waals surface area contributed by atoms with E-state index in [0.717, 1.165) is 5.69 Å². The van der Waals surface area contributed by atoms with Crippen molar-refractivity contribution in [3.63, 3.8) is 0 Å². The van der Waals surface area contributed by atoms with Crippen molar-refractivity contribution >= 4 is 28.9 Å². The summed E-state index contributed by atoms with van der Waals surface area (Å²) in [5, 5.41) is 10.2. The topological polar surface area (TPSA) is 36.3 Å². The van der Waals surface area contributed by atoms with Gasteiger partial charge in [-0.25, -0.2) is 0 Å². The predicted octanol–water partition coefficient (Wildman–Crippen LogP) is 2.72. The molecule has 1 aromatic carbocycles. The van der Waals surface area contributed by atoms with Crippen molar-refractivity contribution in [3.05, 3.63) is 28.2 Å². The van der Waals surface area contributed by atoms with E-state index in [4.69, 9.17) is 33.2 Å². The molecule has 0 N–H and O–H groups in total. The molecule has 1 fully saturated rings. The van der Waals surface area contributed by atoms with E-state index >= 15 is 0 Å². The van der Waals surface area contributed by atoms with E-state index in [1.165, 1.54) is 0 Å². The summed E-state index contributed by atoms with van der Waals surface area (Å²) in [6.07, 6.45) is 0. The first-order valence-corrected chi connectivity index (χ1v) is 5.66. The van der Waals surface area contributed by atoms with Crippen LogP contribution in [0.1, 0.15) is 0 Å². The SMILES string of the molecule is N#CC1COCCN1c1cc(Cl)cc(Cl)c1. The van der Waals surface area contributed by atoms with Crippen molar-refractivity contribution in [1.82, 2.24) is 0 Å². The van der Waals surface area contributed by atoms with E-state index in [1.54, 1.807) is 6.07 Å². The second kappa shape index (κ2) is 4.92. The molecule has 0 bridgehead atoms. The molecule has 0 aliphatic carbocycles. The lowest BCUT2D eigenvalue weighted by Crippen LogP contribution is -2.44. The van der Waals surface area contributed by atoms with Crippen LogP contribution in [0.4, 0.5) is 5.69 Å². The van der Waals surface area contributed by atoms with Gasteiger partial charge in [0.25, 0.3) is 0 Å². The fraction of sp³-hybridized carbons (Fsp3) is 0.364. The Labute approximate surface area is 104 Å². The summed E-state index contributed by atoms with van der Waals surface area (Å²) in [6.45, 7) is 1.71. The third-order valence-corrected chi connectivity index (χ3v) is 2.89. The van der Waals surface area contributed by atoms with Crippen LogP contribution in [0.5, 0.6) is 0 Å². The standard InChI is InChI=1S/C11H10Cl2N2O/c12-8-3-9(13)5-10(4-8)15-1-2-16-7-11(15)6-14/h3-5,11H,1-2,7H2. The highest BCUT2D eigenvalue weighted by atomic mass is 35.5. The van der Waals surface area contributed by atoms with E-state index in [2.05, 4.69) is 6.07 Å². The van der Waals surface area contributed by atoms with E-state index in [-0.39, 0.29) is 6.04 Å². The maximum atomic E-state index is 9.02. The maximum absolute atomic E-state index is 9.02. The highest BCUT2D eigenvalue weighted by Crippen LogP contribution is 2.27. The summed E-state index contributed by atoms with van der Waals surface area (Å²) in [6, 6.07) is 7.22. The fourth-order valence-corrected chi connectivity index (χ4v) is 2.24. The number of nitriles is 1. The average Bonchev–Trinajstić information content (AvgIpc) is 2.27. The first-order valence-electron chi connectivity index (χ1n) is 4.91. The summed E-state index contributed by atoms with van der Waals surface area (Å²) >= 11 is 11.9. The Kier molecular flexibility index (Phi) is 3.55. The number of morpholine rings is 1. The molecule has 0 radical (unpaired) electrons. The molecule has 1 unspecified atom stereocenters. The molecule has 1 heterocycles. The summed E-state index contributed by atoms with van der Waals surface area (Å²) in [5.41, 5.74) is 0.868. The third-order valence-electron chi connectivity index (χ3n) is 2.46. The lowest BCUT2D eigenvalue weighted by atomic mass is 10.2. The second-order valence-corrected chi connectivity index (χ2v) is 4.41. The average molecular weight is 257 g/mol. The van der Waals surface area contributed by atoms with E-state index < -0.39 is 0 Å². The summed E-state index contributed by atoms with van der Waals surface area (Å²) in [4.78, 5) is 1.96. The Morgan fingerprint density at radius 2 is 2.00 bits per heavy atom. The zero-order chi connectivity index (χ0) is 11.5. The normalized spacial score (nSPS) is 20.6. The number of hydrogen-bond acceptors (Lipinski definition) is 3. The van der Waals surface area contributed by atoms with Crippen LogP contribution >= 0.6 is 23.2 Å². The summed E-state index contributed by atoms with van der Waals surface area (Å²) < 4.78 is 5.26. The summed E-state index contributed by atoms with van der Waals surface area (Å²) in [5.74, 6) is 0. The van der Waals surface area contributed by atoms with Gasteiger partial charge in [-0.05, 0) is 18.2 Å². The molecule has 1 aliphatic heterocycles. The van der Waals surface area contributed by atoms with Crippen LogP contribution in [0.15, 0.2) is 18.2 Å². The van der Waals surface area contributed by atoms with Crippen LogP contribution in [0, 0.1) is 11.3 Å². The van der Waals surface area contributed by atoms with Gasteiger partial charge in [-0.15, -0.1) is 0 Å². The van der Waals surface area contributed by atoms with Crippen molar-refractivity contribution in [3.8, 4) is 6.07 Å². The van der Waals surface area contributed by atoms with Gasteiger partial charge in [-0.3, -0.25) is 0 Å². The molecule has 16 heavy (non-hydrogen) atoms. The van der Waals surface area contributed by atoms with Crippen LogP contribution in [0.3, 0.4) is 0 Å². The van der Waals surface area contributed by atoms with Gasteiger partial charge in [0, 0.05) is 22.3 Å². The van der Waals surface area contributed by atoms with E-state index in [1.807, 2.05) is 17.0 Å².